The summed E-state index contributed by atoms with van der Waals surface area (Å²) in [5, 5.41) is 7.56. The smallest absolute Gasteiger partial charge is 0.294 e. The fourth-order valence-corrected chi connectivity index (χ4v) is 6.00. The largest absolute Gasteiger partial charge is 0.381 e. The van der Waals surface area contributed by atoms with E-state index in [-0.39, 0.29) is 29.4 Å². The molecule has 4 aromatic rings. The number of ether oxygens (including phenoxy) is 1. The zero-order valence-electron chi connectivity index (χ0n) is 20.4. The van der Waals surface area contributed by atoms with Crippen LogP contribution in [0.5, 0.6) is 0 Å². The fourth-order valence-electron chi connectivity index (χ4n) is 4.99. The van der Waals surface area contributed by atoms with Gasteiger partial charge in [0.15, 0.2) is 21.3 Å². The number of fused-ring (bicyclic) bond motifs is 1. The lowest BCUT2D eigenvalue weighted by molar-refractivity contribution is -0.122. The van der Waals surface area contributed by atoms with E-state index in [1.807, 2.05) is 35.2 Å². The number of aryl methyl sites for hydroxylation is 1. The summed E-state index contributed by atoms with van der Waals surface area (Å²) in [5.41, 5.74) is 1.10. The molecule has 1 amide bonds. The number of carbonyl (C=O) groups is 1. The predicted octanol–water partition coefficient (Wildman–Crippen LogP) is 2.85. The van der Waals surface area contributed by atoms with E-state index in [4.69, 9.17) is 19.2 Å². The van der Waals surface area contributed by atoms with E-state index in [2.05, 4.69) is 15.5 Å². The molecule has 2 fully saturated rings. The molecule has 6 rings (SSSR count). The lowest BCUT2D eigenvalue weighted by Crippen LogP contribution is -2.43. The van der Waals surface area contributed by atoms with Crippen LogP contribution in [0.3, 0.4) is 0 Å². The Morgan fingerprint density at radius 2 is 1.95 bits per heavy atom. The number of amides is 1. The maximum Gasteiger partial charge on any atom is 0.294 e. The van der Waals surface area contributed by atoms with Gasteiger partial charge in [-0.15, -0.1) is 0 Å². The van der Waals surface area contributed by atoms with E-state index in [1.165, 1.54) is 11.3 Å². The van der Waals surface area contributed by atoms with Gasteiger partial charge in [0.25, 0.3) is 11.4 Å². The van der Waals surface area contributed by atoms with Crippen molar-refractivity contribution in [3.8, 4) is 11.7 Å². The number of anilines is 1. The maximum absolute atomic E-state index is 13.8. The minimum absolute atomic E-state index is 0.0461. The molecule has 3 aromatic heterocycles. The quantitative estimate of drug-likeness (QED) is 0.407. The lowest BCUT2D eigenvalue weighted by Gasteiger charge is -2.25. The molecular formula is C25H27N7O4S. The van der Waals surface area contributed by atoms with Crippen LogP contribution in [0, 0.1) is 6.92 Å². The second-order valence-corrected chi connectivity index (χ2v) is 10.3. The minimum atomic E-state index is -0.347. The van der Waals surface area contributed by atoms with Crippen LogP contribution in [0.15, 0.2) is 39.6 Å². The van der Waals surface area contributed by atoms with Gasteiger partial charge in [0.1, 0.15) is 6.04 Å². The summed E-state index contributed by atoms with van der Waals surface area (Å²) in [4.78, 5) is 43.2. The highest BCUT2D eigenvalue weighted by Crippen LogP contribution is 2.34. The lowest BCUT2D eigenvalue weighted by atomic mass is 10.1. The molecule has 2 aliphatic rings. The highest BCUT2D eigenvalue weighted by molar-refractivity contribution is 7.21. The molecule has 0 bridgehead atoms. The van der Waals surface area contributed by atoms with Crippen LogP contribution in [0.4, 0.5) is 5.13 Å². The summed E-state index contributed by atoms with van der Waals surface area (Å²) in [7, 11) is 0. The van der Waals surface area contributed by atoms with Crippen LogP contribution < -0.4 is 15.8 Å². The summed E-state index contributed by atoms with van der Waals surface area (Å²) in [6, 6.07) is 9.37. The first-order chi connectivity index (χ1) is 18.1. The SMILES string of the molecule is Cc1noc(-c2nc3sc(N4CCC[C@@H]4C(=O)NCc4ccccc4)nc3c(=O)n2C2CCOCC2)n1. The number of aromatic nitrogens is 5. The van der Waals surface area contributed by atoms with Gasteiger partial charge >= 0.3 is 0 Å². The van der Waals surface area contributed by atoms with Crippen LogP contribution in [0.1, 0.15) is 43.1 Å². The third-order valence-electron chi connectivity index (χ3n) is 6.84. The van der Waals surface area contributed by atoms with Crippen molar-refractivity contribution in [2.45, 2.75) is 51.2 Å². The summed E-state index contributed by atoms with van der Waals surface area (Å²) in [6.45, 7) is 4.01. The van der Waals surface area contributed by atoms with Crippen molar-refractivity contribution in [2.24, 2.45) is 0 Å². The average Bonchev–Trinajstić information content (AvgIpc) is 3.68. The van der Waals surface area contributed by atoms with Crippen molar-refractivity contribution in [3.05, 3.63) is 52.1 Å². The molecule has 11 nitrogen and oxygen atoms in total. The van der Waals surface area contributed by atoms with Gasteiger partial charge in [-0.3, -0.25) is 14.2 Å². The van der Waals surface area contributed by atoms with Crippen molar-refractivity contribution in [3.63, 3.8) is 0 Å². The Bertz CT molecular complexity index is 1480. The number of nitrogens with zero attached hydrogens (tertiary/aromatic N) is 6. The summed E-state index contributed by atoms with van der Waals surface area (Å²) in [5.74, 6) is 0.973. The zero-order valence-corrected chi connectivity index (χ0v) is 21.2. The van der Waals surface area contributed by atoms with Crippen LogP contribution in [-0.2, 0) is 16.1 Å². The Morgan fingerprint density at radius 1 is 1.14 bits per heavy atom. The minimum Gasteiger partial charge on any atom is -0.381 e. The second kappa shape index (κ2) is 10.0. The molecule has 1 atom stereocenters. The second-order valence-electron chi connectivity index (χ2n) is 9.31. The van der Waals surface area contributed by atoms with Crippen molar-refractivity contribution >= 4 is 32.7 Å². The third kappa shape index (κ3) is 4.62. The summed E-state index contributed by atoms with van der Waals surface area (Å²) >= 11 is 1.31. The van der Waals surface area contributed by atoms with Crippen LogP contribution in [0.25, 0.3) is 22.1 Å². The molecule has 1 N–H and O–H groups in total. The number of carbonyl (C=O) groups excluding carboxylic acids is 1. The molecule has 1 aromatic carbocycles. The third-order valence-corrected chi connectivity index (χ3v) is 7.83. The summed E-state index contributed by atoms with van der Waals surface area (Å²) in [6.07, 6.45) is 2.95. The molecule has 0 radical (unpaired) electrons. The summed E-state index contributed by atoms with van der Waals surface area (Å²) < 4.78 is 12.6. The number of nitrogens with one attached hydrogen (secondary N) is 1. The van der Waals surface area contributed by atoms with E-state index < -0.39 is 0 Å². The molecule has 0 saturated carbocycles. The Hall–Kier alpha value is -3.64. The number of hydrogen-bond donors (Lipinski definition) is 1. The Labute approximate surface area is 216 Å². The van der Waals surface area contributed by atoms with E-state index >= 15 is 0 Å². The van der Waals surface area contributed by atoms with Gasteiger partial charge in [-0.25, -0.2) is 9.97 Å². The van der Waals surface area contributed by atoms with E-state index in [0.29, 0.717) is 66.3 Å². The van der Waals surface area contributed by atoms with Crippen molar-refractivity contribution in [1.29, 1.82) is 0 Å². The van der Waals surface area contributed by atoms with Gasteiger partial charge in [-0.1, -0.05) is 46.8 Å². The average molecular weight is 522 g/mol. The van der Waals surface area contributed by atoms with Gasteiger partial charge in [0, 0.05) is 32.3 Å². The van der Waals surface area contributed by atoms with E-state index in [1.54, 1.807) is 11.5 Å². The molecular weight excluding hydrogens is 494 g/mol. The predicted molar refractivity (Wildman–Crippen MR) is 137 cm³/mol. The monoisotopic (exact) mass is 521 g/mol. The number of benzene rings is 1. The first-order valence-corrected chi connectivity index (χ1v) is 13.3. The Balaban J connectivity index is 1.34. The Kier molecular flexibility index (Phi) is 6.43. The molecule has 0 unspecified atom stereocenters. The molecule has 2 saturated heterocycles. The zero-order chi connectivity index (χ0) is 25.4. The number of thiazole rings is 1. The standard InChI is InChI=1S/C25H27N7O4S/c1-15-27-22(36-30-15)20-29-23-19(24(34)32(20)17-9-12-35-13-10-17)28-25(37-23)31-11-5-8-18(31)21(33)26-14-16-6-3-2-4-7-16/h2-4,6-7,17-18H,5,8-14H2,1H3,(H,26,33)/t18-/m1/s1. The van der Waals surface area contributed by atoms with Crippen molar-refractivity contribution in [2.75, 3.05) is 24.7 Å². The van der Waals surface area contributed by atoms with Gasteiger partial charge in [0.2, 0.25) is 11.7 Å². The fraction of sp³-hybridized carbons (Fsp3) is 0.440. The molecule has 192 valence electrons. The number of hydrogen-bond acceptors (Lipinski definition) is 10. The van der Waals surface area contributed by atoms with Crippen molar-refractivity contribution < 1.29 is 14.1 Å². The topological polar surface area (TPSA) is 128 Å². The first kappa shape index (κ1) is 23.7. The highest BCUT2D eigenvalue weighted by Gasteiger charge is 2.34. The maximum atomic E-state index is 13.8. The molecule has 0 aliphatic carbocycles. The van der Waals surface area contributed by atoms with Gasteiger partial charge < -0.3 is 19.5 Å². The molecule has 37 heavy (non-hydrogen) atoms. The number of rotatable bonds is 6. The van der Waals surface area contributed by atoms with Crippen LogP contribution in [0.2, 0.25) is 0 Å². The van der Waals surface area contributed by atoms with Crippen LogP contribution in [-0.4, -0.2) is 56.4 Å². The molecule has 5 heterocycles. The molecule has 12 heteroatoms. The van der Waals surface area contributed by atoms with E-state index in [0.717, 1.165) is 18.4 Å². The molecule has 0 spiro atoms. The van der Waals surface area contributed by atoms with Crippen LogP contribution >= 0.6 is 11.3 Å². The van der Waals surface area contributed by atoms with Gasteiger partial charge in [-0.05, 0) is 38.2 Å². The molecule has 2 aliphatic heterocycles. The van der Waals surface area contributed by atoms with E-state index in [9.17, 15) is 9.59 Å². The van der Waals surface area contributed by atoms with Gasteiger partial charge in [-0.2, -0.15) is 4.98 Å². The Morgan fingerprint density at radius 3 is 2.70 bits per heavy atom. The highest BCUT2D eigenvalue weighted by atomic mass is 32.1. The van der Waals surface area contributed by atoms with Crippen molar-refractivity contribution in [1.82, 2.24) is 30.0 Å². The normalized spacial score (nSPS) is 18.5. The first-order valence-electron chi connectivity index (χ1n) is 12.5. The van der Waals surface area contributed by atoms with Gasteiger partial charge in [0.05, 0.1) is 0 Å².